The van der Waals surface area contributed by atoms with E-state index in [0.29, 0.717) is 18.5 Å². The van der Waals surface area contributed by atoms with Crippen LogP contribution >= 0.6 is 0 Å². The van der Waals surface area contributed by atoms with Gasteiger partial charge in [-0.15, -0.1) is 0 Å². The molecule has 0 heterocycles. The fourth-order valence-corrected chi connectivity index (χ4v) is 2.96. The largest absolute Gasteiger partial charge is 0.339 e. The first-order valence-corrected chi connectivity index (χ1v) is 8.54. The van der Waals surface area contributed by atoms with Crippen molar-refractivity contribution in [2.24, 2.45) is 11.1 Å². The summed E-state index contributed by atoms with van der Waals surface area (Å²) < 4.78 is 0. The quantitative estimate of drug-likeness (QED) is 0.624. The molecule has 0 bridgehead atoms. The van der Waals surface area contributed by atoms with E-state index in [-0.39, 0.29) is 5.41 Å². The summed E-state index contributed by atoms with van der Waals surface area (Å²) in [5, 5.41) is 0. The molecule has 0 saturated heterocycles. The van der Waals surface area contributed by atoms with Gasteiger partial charge >= 0.3 is 0 Å². The maximum atomic E-state index is 13.1. The molecule has 0 aliphatic carbocycles. The lowest BCUT2D eigenvalue weighted by molar-refractivity contribution is -0.145. The minimum absolute atomic E-state index is 0.298. The Balaban J connectivity index is 5.20. The van der Waals surface area contributed by atoms with Crippen molar-refractivity contribution < 1.29 is 4.79 Å². The van der Waals surface area contributed by atoms with Gasteiger partial charge in [0.15, 0.2) is 0 Å². The second-order valence-electron chi connectivity index (χ2n) is 6.09. The van der Waals surface area contributed by atoms with Crippen LogP contribution < -0.4 is 5.73 Å². The molecule has 0 aromatic rings. The summed E-state index contributed by atoms with van der Waals surface area (Å²) in [5.41, 5.74) is 5.71. The molecule has 1 amide bonds. The van der Waals surface area contributed by atoms with Gasteiger partial charge in [-0.3, -0.25) is 4.79 Å². The number of nitrogens with two attached hydrogens (primary N) is 1. The molecule has 0 saturated carbocycles. The number of hydrogen-bond donors (Lipinski definition) is 1. The van der Waals surface area contributed by atoms with E-state index in [0.717, 1.165) is 51.5 Å². The van der Waals surface area contributed by atoms with Crippen molar-refractivity contribution in [2.75, 3.05) is 13.1 Å². The predicted octanol–water partition coefficient (Wildman–Crippen LogP) is 3.96. The number of carbonyl (C=O) groups is 1. The molecule has 2 N–H and O–H groups in total. The van der Waals surface area contributed by atoms with Crippen LogP contribution in [0.5, 0.6) is 0 Å². The summed E-state index contributed by atoms with van der Waals surface area (Å²) >= 11 is 0. The van der Waals surface area contributed by atoms with E-state index in [9.17, 15) is 4.79 Å². The molecule has 0 spiro atoms. The van der Waals surface area contributed by atoms with Crippen molar-refractivity contribution in [2.45, 2.75) is 85.6 Å². The molecule has 0 aromatic heterocycles. The van der Waals surface area contributed by atoms with E-state index >= 15 is 0 Å². The predicted molar refractivity (Wildman–Crippen MR) is 87.7 cm³/mol. The molecule has 1 atom stereocenters. The first-order chi connectivity index (χ1) is 9.52. The van der Waals surface area contributed by atoms with Crippen molar-refractivity contribution in [3.63, 3.8) is 0 Å². The van der Waals surface area contributed by atoms with Crippen molar-refractivity contribution in [1.82, 2.24) is 4.90 Å². The van der Waals surface area contributed by atoms with Gasteiger partial charge in [-0.25, -0.2) is 0 Å². The minimum Gasteiger partial charge on any atom is -0.339 e. The summed E-state index contributed by atoms with van der Waals surface area (Å²) in [6.07, 6.45) is 7.07. The van der Waals surface area contributed by atoms with Gasteiger partial charge in [0.25, 0.3) is 0 Å². The number of nitrogens with zero attached hydrogens (tertiary/aromatic N) is 1. The molecule has 0 fully saturated rings. The molecule has 20 heavy (non-hydrogen) atoms. The average Bonchev–Trinajstić information content (AvgIpc) is 2.46. The van der Waals surface area contributed by atoms with E-state index in [2.05, 4.69) is 39.5 Å². The van der Waals surface area contributed by atoms with E-state index in [1.54, 1.807) is 0 Å². The third-order valence-electron chi connectivity index (χ3n) is 4.44. The number of rotatable bonds is 11. The lowest BCUT2D eigenvalue weighted by Crippen LogP contribution is -2.51. The van der Waals surface area contributed by atoms with Gasteiger partial charge in [0.2, 0.25) is 5.91 Å². The van der Waals surface area contributed by atoms with Crippen LogP contribution in [0.25, 0.3) is 0 Å². The lowest BCUT2D eigenvalue weighted by Gasteiger charge is -2.39. The van der Waals surface area contributed by atoms with Crippen molar-refractivity contribution in [3.05, 3.63) is 0 Å². The first kappa shape index (κ1) is 19.4. The monoisotopic (exact) mass is 284 g/mol. The third kappa shape index (κ3) is 5.08. The van der Waals surface area contributed by atoms with Gasteiger partial charge in [0.05, 0.1) is 5.41 Å². The zero-order valence-electron chi connectivity index (χ0n) is 14.4. The van der Waals surface area contributed by atoms with Crippen LogP contribution in [0, 0.1) is 5.41 Å². The fraction of sp³-hybridized carbons (Fsp3) is 0.941. The van der Waals surface area contributed by atoms with Crippen LogP contribution in [0.1, 0.15) is 79.6 Å². The zero-order chi connectivity index (χ0) is 15.6. The Kier molecular flexibility index (Phi) is 9.91. The van der Waals surface area contributed by atoms with Crippen molar-refractivity contribution in [1.29, 1.82) is 0 Å². The first-order valence-electron chi connectivity index (χ1n) is 8.54. The number of amides is 1. The standard InChI is InChI=1S/C17H36N2O/c1-6-10-13-19(15(5)9-4)16(20)17(14-18,11-7-2)12-8-3/h15H,6-14,18H2,1-5H3. The summed E-state index contributed by atoms with van der Waals surface area (Å²) in [4.78, 5) is 15.2. The molecule has 0 aromatic carbocycles. The van der Waals surface area contributed by atoms with Crippen LogP contribution in [0.4, 0.5) is 0 Å². The lowest BCUT2D eigenvalue weighted by atomic mass is 9.77. The minimum atomic E-state index is -0.333. The van der Waals surface area contributed by atoms with Crippen molar-refractivity contribution >= 4 is 5.91 Å². The van der Waals surface area contributed by atoms with E-state index in [1.807, 2.05) is 0 Å². The zero-order valence-corrected chi connectivity index (χ0v) is 14.4. The highest BCUT2D eigenvalue weighted by Gasteiger charge is 2.39. The summed E-state index contributed by atoms with van der Waals surface area (Å²) in [6.45, 7) is 12.1. The Morgan fingerprint density at radius 1 is 1.10 bits per heavy atom. The third-order valence-corrected chi connectivity index (χ3v) is 4.44. The van der Waals surface area contributed by atoms with E-state index in [4.69, 9.17) is 5.73 Å². The number of unbranched alkanes of at least 4 members (excludes halogenated alkanes) is 1. The van der Waals surface area contributed by atoms with Gasteiger partial charge in [-0.1, -0.05) is 47.0 Å². The topological polar surface area (TPSA) is 46.3 Å². The van der Waals surface area contributed by atoms with Gasteiger partial charge < -0.3 is 10.6 Å². The molecular formula is C17H36N2O. The molecule has 0 aliphatic heterocycles. The maximum absolute atomic E-state index is 13.1. The molecule has 0 rings (SSSR count). The Bertz CT molecular complexity index is 260. The molecule has 120 valence electrons. The van der Waals surface area contributed by atoms with Crippen LogP contribution in [-0.4, -0.2) is 29.9 Å². The van der Waals surface area contributed by atoms with Gasteiger partial charge in [-0.2, -0.15) is 0 Å². The highest BCUT2D eigenvalue weighted by Crippen LogP contribution is 2.32. The Labute approximate surface area is 126 Å². The van der Waals surface area contributed by atoms with Gasteiger partial charge in [0, 0.05) is 19.1 Å². The SMILES string of the molecule is CCCCN(C(=O)C(CN)(CCC)CCC)C(C)CC. The Hall–Kier alpha value is -0.570. The van der Waals surface area contributed by atoms with Gasteiger partial charge in [-0.05, 0) is 32.6 Å². The Morgan fingerprint density at radius 2 is 1.65 bits per heavy atom. The van der Waals surface area contributed by atoms with Gasteiger partial charge in [0.1, 0.15) is 0 Å². The summed E-state index contributed by atoms with van der Waals surface area (Å²) in [7, 11) is 0. The second kappa shape index (κ2) is 10.2. The second-order valence-corrected chi connectivity index (χ2v) is 6.09. The molecule has 0 radical (unpaired) electrons. The normalized spacial score (nSPS) is 13.3. The summed E-state index contributed by atoms with van der Waals surface area (Å²) in [5.74, 6) is 0.298. The molecular weight excluding hydrogens is 248 g/mol. The maximum Gasteiger partial charge on any atom is 0.230 e. The highest BCUT2D eigenvalue weighted by molar-refractivity contribution is 5.83. The van der Waals surface area contributed by atoms with Crippen LogP contribution in [-0.2, 0) is 4.79 Å². The number of hydrogen-bond acceptors (Lipinski definition) is 2. The summed E-state index contributed by atoms with van der Waals surface area (Å²) in [6, 6.07) is 0.314. The highest BCUT2D eigenvalue weighted by atomic mass is 16.2. The smallest absolute Gasteiger partial charge is 0.230 e. The van der Waals surface area contributed by atoms with E-state index < -0.39 is 0 Å². The average molecular weight is 284 g/mol. The molecule has 1 unspecified atom stereocenters. The molecule has 3 heteroatoms. The van der Waals surface area contributed by atoms with Crippen LogP contribution in [0.3, 0.4) is 0 Å². The molecule has 0 aliphatic rings. The van der Waals surface area contributed by atoms with E-state index in [1.165, 1.54) is 0 Å². The fourth-order valence-electron chi connectivity index (χ4n) is 2.96. The van der Waals surface area contributed by atoms with Crippen LogP contribution in [0.15, 0.2) is 0 Å². The Morgan fingerprint density at radius 3 is 2.00 bits per heavy atom. The van der Waals surface area contributed by atoms with Crippen molar-refractivity contribution in [3.8, 4) is 0 Å². The number of carbonyl (C=O) groups excluding carboxylic acids is 1. The molecule has 3 nitrogen and oxygen atoms in total. The van der Waals surface area contributed by atoms with Crippen LogP contribution in [0.2, 0.25) is 0 Å².